The van der Waals surface area contributed by atoms with Crippen LogP contribution in [0.4, 0.5) is 5.69 Å². The van der Waals surface area contributed by atoms with Gasteiger partial charge in [-0.05, 0) is 54.8 Å². The highest BCUT2D eigenvalue weighted by Crippen LogP contribution is 2.34. The molecular formula is C27H32N2O6S. The molecule has 3 aromatic rings. The maximum Gasteiger partial charge on any atom is 0.264 e. The molecule has 9 heteroatoms. The first-order chi connectivity index (χ1) is 17.2. The van der Waals surface area contributed by atoms with Crippen molar-refractivity contribution in [1.29, 1.82) is 0 Å². The zero-order valence-electron chi connectivity index (χ0n) is 21.1. The lowest BCUT2D eigenvalue weighted by Crippen LogP contribution is -2.42. The van der Waals surface area contributed by atoms with Crippen molar-refractivity contribution in [3.05, 3.63) is 77.9 Å². The molecule has 36 heavy (non-hydrogen) atoms. The molecule has 0 aromatic heterocycles. The van der Waals surface area contributed by atoms with Crippen LogP contribution in [0.3, 0.4) is 0 Å². The Labute approximate surface area is 212 Å². The van der Waals surface area contributed by atoms with Crippen LogP contribution in [0.15, 0.2) is 71.6 Å². The van der Waals surface area contributed by atoms with E-state index in [0.29, 0.717) is 17.9 Å². The number of carbonyl (C=O) groups excluding carboxylic acids is 1. The largest absolute Gasteiger partial charge is 0.496 e. The van der Waals surface area contributed by atoms with Crippen LogP contribution in [0.25, 0.3) is 0 Å². The number of anilines is 1. The fraction of sp³-hybridized carbons (Fsp3) is 0.296. The van der Waals surface area contributed by atoms with E-state index >= 15 is 0 Å². The Balaban J connectivity index is 1.95. The van der Waals surface area contributed by atoms with Crippen molar-refractivity contribution in [2.24, 2.45) is 0 Å². The van der Waals surface area contributed by atoms with Crippen molar-refractivity contribution in [2.75, 3.05) is 32.2 Å². The zero-order valence-corrected chi connectivity index (χ0v) is 22.0. The average molecular weight is 513 g/mol. The second-order valence-electron chi connectivity index (χ2n) is 8.12. The van der Waals surface area contributed by atoms with Crippen molar-refractivity contribution in [3.63, 3.8) is 0 Å². The second-order valence-corrected chi connectivity index (χ2v) is 9.98. The Morgan fingerprint density at radius 2 is 1.53 bits per heavy atom. The molecule has 0 saturated carbocycles. The van der Waals surface area contributed by atoms with Gasteiger partial charge in [0.15, 0.2) is 11.5 Å². The predicted octanol–water partition coefficient (Wildman–Crippen LogP) is 4.48. The number of sulfonamides is 1. The van der Waals surface area contributed by atoms with Crippen molar-refractivity contribution in [3.8, 4) is 17.2 Å². The number of nitrogens with one attached hydrogen (secondary N) is 1. The topological polar surface area (TPSA) is 94.2 Å². The summed E-state index contributed by atoms with van der Waals surface area (Å²) in [5.41, 5.74) is 2.13. The number of hydrogen-bond acceptors (Lipinski definition) is 6. The summed E-state index contributed by atoms with van der Waals surface area (Å²) in [6, 6.07) is 18.1. The van der Waals surface area contributed by atoms with Gasteiger partial charge in [0.2, 0.25) is 5.91 Å². The monoisotopic (exact) mass is 512 g/mol. The predicted molar refractivity (Wildman–Crippen MR) is 139 cm³/mol. The minimum Gasteiger partial charge on any atom is -0.496 e. The molecule has 0 bridgehead atoms. The lowest BCUT2D eigenvalue weighted by atomic mass is 10.0. The van der Waals surface area contributed by atoms with E-state index < -0.39 is 22.5 Å². The number of methoxy groups -OCH3 is 3. The molecule has 0 aliphatic heterocycles. The molecule has 3 rings (SSSR count). The first-order valence-corrected chi connectivity index (χ1v) is 12.9. The standard InChI is InChI=1S/C27H32N2O6S/c1-6-23(20-12-14-24(33-3)19(2)16-20)28-27(30)18-29(36(31,32)22-10-8-7-9-11-22)21-13-15-25(34-4)26(17-21)35-5/h7-17,23H,6,18H2,1-5H3,(H,28,30)/t23-/m0/s1. The van der Waals surface area contributed by atoms with Crippen molar-refractivity contribution < 1.29 is 27.4 Å². The van der Waals surface area contributed by atoms with Crippen LogP contribution < -0.4 is 23.8 Å². The highest BCUT2D eigenvalue weighted by Gasteiger charge is 2.29. The molecular weight excluding hydrogens is 480 g/mol. The Morgan fingerprint density at radius 3 is 2.11 bits per heavy atom. The highest BCUT2D eigenvalue weighted by atomic mass is 32.2. The number of ether oxygens (including phenoxy) is 3. The van der Waals surface area contributed by atoms with Gasteiger partial charge in [0.1, 0.15) is 12.3 Å². The highest BCUT2D eigenvalue weighted by molar-refractivity contribution is 7.92. The van der Waals surface area contributed by atoms with Gasteiger partial charge in [0.25, 0.3) is 10.0 Å². The molecule has 0 radical (unpaired) electrons. The van der Waals surface area contributed by atoms with E-state index in [1.165, 1.54) is 32.4 Å². The Bertz CT molecular complexity index is 1290. The minimum absolute atomic E-state index is 0.0744. The molecule has 8 nitrogen and oxygen atoms in total. The third-order valence-electron chi connectivity index (χ3n) is 5.84. The maximum absolute atomic E-state index is 13.6. The van der Waals surface area contributed by atoms with Gasteiger partial charge >= 0.3 is 0 Å². The van der Waals surface area contributed by atoms with Crippen molar-refractivity contribution in [2.45, 2.75) is 31.2 Å². The summed E-state index contributed by atoms with van der Waals surface area (Å²) in [4.78, 5) is 13.3. The molecule has 0 unspecified atom stereocenters. The first-order valence-electron chi connectivity index (χ1n) is 11.5. The maximum atomic E-state index is 13.6. The SMILES string of the molecule is CC[C@H](NC(=O)CN(c1ccc(OC)c(OC)c1)S(=O)(=O)c1ccccc1)c1ccc(OC)c(C)c1. The minimum atomic E-state index is -4.06. The van der Waals surface area contributed by atoms with Crippen molar-refractivity contribution >= 4 is 21.6 Å². The summed E-state index contributed by atoms with van der Waals surface area (Å²) >= 11 is 0. The normalized spacial score (nSPS) is 11.9. The molecule has 0 aliphatic rings. The van der Waals surface area contributed by atoms with Gasteiger partial charge in [-0.15, -0.1) is 0 Å². The van der Waals surface area contributed by atoms with Gasteiger partial charge in [-0.1, -0.05) is 37.3 Å². The zero-order chi connectivity index (χ0) is 26.3. The summed E-state index contributed by atoms with van der Waals surface area (Å²) in [5, 5.41) is 2.98. The van der Waals surface area contributed by atoms with Gasteiger partial charge in [-0.3, -0.25) is 9.10 Å². The summed E-state index contributed by atoms with van der Waals surface area (Å²) in [6.07, 6.45) is 0.624. The molecule has 1 N–H and O–H groups in total. The van der Waals surface area contributed by atoms with Crippen molar-refractivity contribution in [1.82, 2.24) is 5.32 Å². The van der Waals surface area contributed by atoms with Gasteiger partial charge in [-0.25, -0.2) is 8.42 Å². The number of nitrogens with zero attached hydrogens (tertiary/aromatic N) is 1. The van der Waals surface area contributed by atoms with Crippen LogP contribution in [0.5, 0.6) is 17.2 Å². The summed E-state index contributed by atoms with van der Waals surface area (Å²) in [7, 11) is 0.512. The molecule has 0 aliphatic carbocycles. The molecule has 0 fully saturated rings. The third kappa shape index (κ3) is 5.91. The second kappa shape index (κ2) is 11.8. The van der Waals surface area contributed by atoms with E-state index in [1.54, 1.807) is 37.4 Å². The van der Waals surface area contributed by atoms with E-state index in [1.807, 2.05) is 32.0 Å². The number of benzene rings is 3. The summed E-state index contributed by atoms with van der Waals surface area (Å²) in [6.45, 7) is 3.47. The number of carbonyl (C=O) groups is 1. The molecule has 1 amide bonds. The number of aryl methyl sites for hydroxylation is 1. The third-order valence-corrected chi connectivity index (χ3v) is 7.63. The quantitative estimate of drug-likeness (QED) is 0.407. The Hall–Kier alpha value is -3.72. The summed E-state index contributed by atoms with van der Waals surface area (Å²) in [5.74, 6) is 1.12. The Kier molecular flexibility index (Phi) is 8.82. The van der Waals surface area contributed by atoms with Crippen LogP contribution in [0.2, 0.25) is 0 Å². The van der Waals surface area contributed by atoms with Crippen LogP contribution >= 0.6 is 0 Å². The summed E-state index contributed by atoms with van der Waals surface area (Å²) < 4.78 is 44.3. The molecule has 1 atom stereocenters. The number of hydrogen-bond donors (Lipinski definition) is 1. The molecule has 0 heterocycles. The van der Waals surface area contributed by atoms with Crippen LogP contribution in [-0.2, 0) is 14.8 Å². The van der Waals surface area contributed by atoms with Crippen LogP contribution in [0, 0.1) is 6.92 Å². The lowest BCUT2D eigenvalue weighted by molar-refractivity contribution is -0.120. The lowest BCUT2D eigenvalue weighted by Gasteiger charge is -2.26. The number of rotatable bonds is 11. The molecule has 0 saturated heterocycles. The first kappa shape index (κ1) is 26.9. The van der Waals surface area contributed by atoms with Gasteiger partial charge in [0, 0.05) is 6.07 Å². The van der Waals surface area contributed by atoms with E-state index in [0.717, 1.165) is 21.2 Å². The van der Waals surface area contributed by atoms with E-state index in [-0.39, 0.29) is 16.6 Å². The fourth-order valence-corrected chi connectivity index (χ4v) is 5.36. The van der Waals surface area contributed by atoms with Gasteiger partial charge < -0.3 is 19.5 Å². The number of amides is 1. The molecule has 192 valence electrons. The molecule has 0 spiro atoms. The Morgan fingerprint density at radius 1 is 0.889 bits per heavy atom. The van der Waals surface area contributed by atoms with Crippen LogP contribution in [-0.4, -0.2) is 42.2 Å². The van der Waals surface area contributed by atoms with E-state index in [2.05, 4.69) is 5.32 Å². The van der Waals surface area contributed by atoms with E-state index in [9.17, 15) is 13.2 Å². The van der Waals surface area contributed by atoms with E-state index in [4.69, 9.17) is 14.2 Å². The van der Waals surface area contributed by atoms with Crippen LogP contribution in [0.1, 0.15) is 30.5 Å². The van der Waals surface area contributed by atoms with Gasteiger partial charge in [0.05, 0.1) is 38.0 Å². The average Bonchev–Trinajstić information content (AvgIpc) is 2.90. The molecule has 3 aromatic carbocycles. The smallest absolute Gasteiger partial charge is 0.264 e. The fourth-order valence-electron chi connectivity index (χ4n) is 3.92. The van der Waals surface area contributed by atoms with Gasteiger partial charge in [-0.2, -0.15) is 0 Å².